The second-order valence-electron chi connectivity index (χ2n) is 8.37. The number of carbonyl (C=O) groups is 1. The number of ether oxygens (including phenoxy) is 2. The number of phenols is 1. The maximum atomic E-state index is 14.2. The third kappa shape index (κ3) is 6.30. The van der Waals surface area contributed by atoms with Crippen LogP contribution in [-0.4, -0.2) is 23.6 Å². The lowest BCUT2D eigenvalue weighted by Gasteiger charge is -2.28. The molecule has 31 heavy (non-hydrogen) atoms. The highest BCUT2D eigenvalue weighted by atomic mass is 19.1. The normalized spacial score (nSPS) is 18.7. The molecule has 1 aliphatic rings. The lowest BCUT2D eigenvalue weighted by molar-refractivity contribution is 0.00631. The van der Waals surface area contributed by atoms with Crippen LogP contribution in [0.3, 0.4) is 0 Å². The lowest BCUT2D eigenvalue weighted by atomic mass is 9.85. The minimum Gasteiger partial charge on any atom is -0.504 e. The topological polar surface area (TPSA) is 55.8 Å². The molecule has 0 heterocycles. The molecule has 3 rings (SSSR count). The quantitative estimate of drug-likeness (QED) is 0.456. The van der Waals surface area contributed by atoms with E-state index in [1.54, 1.807) is 6.92 Å². The predicted molar refractivity (Wildman–Crippen MR) is 119 cm³/mol. The number of aromatic hydroxyl groups is 1. The Kier molecular flexibility index (Phi) is 8.47. The molecule has 2 aromatic carbocycles. The largest absolute Gasteiger partial charge is 0.504 e. The smallest absolute Gasteiger partial charge is 0.207 e. The Labute approximate surface area is 184 Å². The molecule has 0 aliphatic heterocycles. The summed E-state index contributed by atoms with van der Waals surface area (Å²) in [5.41, 5.74) is 1.84. The molecule has 5 heteroatoms. The molecule has 168 valence electrons. The molecule has 4 nitrogen and oxygen atoms in total. The Morgan fingerprint density at radius 1 is 1.03 bits per heavy atom. The van der Waals surface area contributed by atoms with Gasteiger partial charge in [0, 0.05) is 6.42 Å². The lowest BCUT2D eigenvalue weighted by Crippen LogP contribution is -2.21. The number of halogens is 1. The van der Waals surface area contributed by atoms with E-state index < -0.39 is 11.6 Å². The Bertz CT molecular complexity index is 854. The molecule has 0 bridgehead atoms. The zero-order valence-corrected chi connectivity index (χ0v) is 18.5. The van der Waals surface area contributed by atoms with Gasteiger partial charge in [-0.25, -0.2) is 0 Å². The Morgan fingerprint density at radius 3 is 2.35 bits per heavy atom. The van der Waals surface area contributed by atoms with E-state index in [1.165, 1.54) is 37.8 Å². The van der Waals surface area contributed by atoms with E-state index >= 15 is 0 Å². The van der Waals surface area contributed by atoms with E-state index in [9.17, 15) is 14.3 Å². The number of benzene rings is 2. The summed E-state index contributed by atoms with van der Waals surface area (Å²) in [6.07, 6.45) is 7.82. The fourth-order valence-corrected chi connectivity index (χ4v) is 4.28. The van der Waals surface area contributed by atoms with Crippen LogP contribution in [0.1, 0.15) is 73.9 Å². The molecule has 0 spiro atoms. The summed E-state index contributed by atoms with van der Waals surface area (Å²) < 4.78 is 25.4. The molecule has 0 saturated heterocycles. The summed E-state index contributed by atoms with van der Waals surface area (Å²) in [6, 6.07) is 10.5. The number of Topliss-reactive ketones (excluding diaryl/α,β-unsaturated/α-hetero) is 1. The summed E-state index contributed by atoms with van der Waals surface area (Å²) in [5, 5.41) is 10.0. The zero-order chi connectivity index (χ0) is 22.2. The molecular formula is C26H33FO4. The number of carbonyl (C=O) groups excluding carboxylic acids is 1. The third-order valence-corrected chi connectivity index (χ3v) is 6.05. The molecule has 0 radical (unpaired) electrons. The molecule has 0 atom stereocenters. The van der Waals surface area contributed by atoms with Crippen molar-refractivity contribution in [1.82, 2.24) is 0 Å². The average Bonchev–Trinajstić information content (AvgIpc) is 2.78. The van der Waals surface area contributed by atoms with Gasteiger partial charge < -0.3 is 14.6 Å². The number of hydrogen-bond acceptors (Lipinski definition) is 4. The first-order valence-corrected chi connectivity index (χ1v) is 11.4. The van der Waals surface area contributed by atoms with Crippen molar-refractivity contribution in [2.75, 3.05) is 6.61 Å². The highest BCUT2D eigenvalue weighted by Gasteiger charge is 2.21. The van der Waals surface area contributed by atoms with Gasteiger partial charge in [0.1, 0.15) is 0 Å². The van der Waals surface area contributed by atoms with E-state index in [2.05, 4.69) is 6.92 Å². The number of rotatable bonds is 10. The van der Waals surface area contributed by atoms with Gasteiger partial charge >= 0.3 is 0 Å². The molecule has 1 saturated carbocycles. The highest BCUT2D eigenvalue weighted by Crippen LogP contribution is 2.31. The number of ketones is 1. The summed E-state index contributed by atoms with van der Waals surface area (Å²) in [4.78, 5) is 12.6. The maximum absolute atomic E-state index is 14.2. The van der Waals surface area contributed by atoms with Crippen molar-refractivity contribution in [3.63, 3.8) is 0 Å². The predicted octanol–water partition coefficient (Wildman–Crippen LogP) is 6.23. The van der Waals surface area contributed by atoms with Crippen molar-refractivity contribution < 1.29 is 23.8 Å². The van der Waals surface area contributed by atoms with Crippen LogP contribution in [0.15, 0.2) is 36.4 Å². The second kappa shape index (κ2) is 11.3. The van der Waals surface area contributed by atoms with Gasteiger partial charge in [-0.05, 0) is 61.8 Å². The van der Waals surface area contributed by atoms with Gasteiger partial charge in [0.15, 0.2) is 17.3 Å². The van der Waals surface area contributed by atoms with Gasteiger partial charge in [0.2, 0.25) is 5.82 Å². The van der Waals surface area contributed by atoms with Crippen molar-refractivity contribution in [3.8, 4) is 11.5 Å². The molecule has 1 aliphatic carbocycles. The summed E-state index contributed by atoms with van der Waals surface area (Å²) in [7, 11) is 0. The molecule has 0 aromatic heterocycles. The molecule has 1 N–H and O–H groups in total. The van der Waals surface area contributed by atoms with Gasteiger partial charge in [0.25, 0.3) is 0 Å². The summed E-state index contributed by atoms with van der Waals surface area (Å²) in [5.74, 6) is -1.09. The van der Waals surface area contributed by atoms with Crippen LogP contribution < -0.4 is 4.74 Å². The van der Waals surface area contributed by atoms with E-state index in [1.807, 2.05) is 24.3 Å². The van der Waals surface area contributed by atoms with Crippen molar-refractivity contribution in [1.29, 1.82) is 0 Å². The van der Waals surface area contributed by atoms with Crippen LogP contribution in [0.5, 0.6) is 11.5 Å². The highest BCUT2D eigenvalue weighted by molar-refractivity contribution is 6.00. The van der Waals surface area contributed by atoms with Crippen LogP contribution in [0.4, 0.5) is 4.39 Å². The average molecular weight is 429 g/mol. The fraction of sp³-hybridized carbons (Fsp3) is 0.500. The van der Waals surface area contributed by atoms with Gasteiger partial charge in [-0.15, -0.1) is 0 Å². The van der Waals surface area contributed by atoms with Gasteiger partial charge in [-0.1, -0.05) is 44.0 Å². The SMILES string of the molecule is CCCC1CCC(OCc2ccc(CC(=O)c3ccc(OCC)c(F)c3O)cc2)CC1. The number of phenolic OH excluding ortho intramolecular Hbond substituents is 1. The Balaban J connectivity index is 1.51. The second-order valence-corrected chi connectivity index (χ2v) is 8.37. The van der Waals surface area contributed by atoms with Gasteiger partial charge in [-0.2, -0.15) is 4.39 Å². The maximum Gasteiger partial charge on any atom is 0.207 e. The first-order chi connectivity index (χ1) is 15.0. The molecule has 0 unspecified atom stereocenters. The molecule has 2 aromatic rings. The van der Waals surface area contributed by atoms with Gasteiger partial charge in [-0.3, -0.25) is 4.79 Å². The van der Waals surface area contributed by atoms with E-state index in [-0.39, 0.29) is 30.1 Å². The van der Waals surface area contributed by atoms with E-state index in [4.69, 9.17) is 9.47 Å². The molecule has 0 amide bonds. The number of hydrogen-bond donors (Lipinski definition) is 1. The van der Waals surface area contributed by atoms with Crippen LogP contribution >= 0.6 is 0 Å². The first kappa shape index (κ1) is 23.3. The standard InChI is InChI=1S/C26H33FO4/c1-3-5-18-10-12-21(13-11-18)31-17-20-8-6-19(7-9-20)16-23(28)22-14-15-24(30-4-2)25(27)26(22)29/h6-9,14-15,18,21,29H,3-5,10-13,16-17H2,1-2H3. The summed E-state index contributed by atoms with van der Waals surface area (Å²) >= 11 is 0. The minimum atomic E-state index is -0.899. The van der Waals surface area contributed by atoms with Crippen molar-refractivity contribution >= 4 is 5.78 Å². The van der Waals surface area contributed by atoms with Crippen LogP contribution in [0.2, 0.25) is 0 Å². The van der Waals surface area contributed by atoms with Crippen LogP contribution in [-0.2, 0) is 17.8 Å². The monoisotopic (exact) mass is 428 g/mol. The third-order valence-electron chi connectivity index (χ3n) is 6.05. The van der Waals surface area contributed by atoms with Crippen molar-refractivity contribution in [2.24, 2.45) is 5.92 Å². The van der Waals surface area contributed by atoms with Crippen molar-refractivity contribution in [2.45, 2.75) is 71.5 Å². The fourth-order valence-electron chi connectivity index (χ4n) is 4.28. The first-order valence-electron chi connectivity index (χ1n) is 11.4. The van der Waals surface area contributed by atoms with Crippen LogP contribution in [0.25, 0.3) is 0 Å². The van der Waals surface area contributed by atoms with Crippen molar-refractivity contribution in [3.05, 3.63) is 58.9 Å². The van der Waals surface area contributed by atoms with Gasteiger partial charge in [0.05, 0.1) is 24.9 Å². The molecular weight excluding hydrogens is 395 g/mol. The van der Waals surface area contributed by atoms with E-state index in [0.29, 0.717) is 12.7 Å². The Hall–Kier alpha value is -2.40. The summed E-state index contributed by atoms with van der Waals surface area (Å²) in [6.45, 7) is 4.82. The minimum absolute atomic E-state index is 0.0351. The molecule has 1 fully saturated rings. The zero-order valence-electron chi connectivity index (χ0n) is 18.5. The Morgan fingerprint density at radius 2 is 1.71 bits per heavy atom. The van der Waals surface area contributed by atoms with Crippen LogP contribution in [0, 0.1) is 11.7 Å². The van der Waals surface area contributed by atoms with E-state index in [0.717, 1.165) is 29.9 Å².